The molecule has 0 rings (SSSR count). The standard InChI is InChI=1S/C67H126NO8P/c1-6-8-10-12-14-16-18-20-22-24-26-28-30-32-33-34-35-36-38-40-42-44-46-48-50-52-54-56-58-60-67(70)76-65(64-75-77(71,72)74-62-61-68(3,4)5)63-73-66(69)59-57-55-53-51-49-47-45-43-41-39-37-31-29-27-25-23-21-19-17-15-13-11-9-7-2/h8,10,14,16,20,22,26,28,65H,6-7,9,11-13,15,17-19,21,23-25,27,29-64H2,1-5H3/b10-8-,16-14-,22-20-,28-26-. The number of carbonyl (C=O) groups is 2. The number of rotatable bonds is 61. The van der Waals surface area contributed by atoms with Crippen molar-refractivity contribution in [3.8, 4) is 0 Å². The molecular formula is C67H126NO8P. The molecule has 0 aromatic carbocycles. The lowest BCUT2D eigenvalue weighted by atomic mass is 10.0. The predicted molar refractivity (Wildman–Crippen MR) is 328 cm³/mol. The lowest BCUT2D eigenvalue weighted by Gasteiger charge is -2.28. The van der Waals surface area contributed by atoms with Crippen molar-refractivity contribution in [1.82, 2.24) is 0 Å². The molecule has 0 radical (unpaired) electrons. The van der Waals surface area contributed by atoms with Crippen LogP contribution >= 0.6 is 7.82 Å². The van der Waals surface area contributed by atoms with Gasteiger partial charge in [-0.05, 0) is 51.4 Å². The van der Waals surface area contributed by atoms with Crippen molar-refractivity contribution in [1.29, 1.82) is 0 Å². The van der Waals surface area contributed by atoms with Crippen molar-refractivity contribution in [2.24, 2.45) is 0 Å². The highest BCUT2D eigenvalue weighted by Crippen LogP contribution is 2.38. The van der Waals surface area contributed by atoms with Crippen LogP contribution in [0.4, 0.5) is 0 Å². The van der Waals surface area contributed by atoms with E-state index in [2.05, 4.69) is 62.5 Å². The maximum absolute atomic E-state index is 12.8. The first kappa shape index (κ1) is 75.0. The van der Waals surface area contributed by atoms with E-state index in [9.17, 15) is 19.0 Å². The van der Waals surface area contributed by atoms with E-state index in [1.807, 2.05) is 21.1 Å². The van der Waals surface area contributed by atoms with Crippen LogP contribution in [-0.4, -0.2) is 70.0 Å². The van der Waals surface area contributed by atoms with Crippen LogP contribution in [0, 0.1) is 0 Å². The number of hydrogen-bond acceptors (Lipinski definition) is 8. The first-order chi connectivity index (χ1) is 37.5. The van der Waals surface area contributed by atoms with Gasteiger partial charge in [0.1, 0.15) is 19.8 Å². The highest BCUT2D eigenvalue weighted by Gasteiger charge is 2.22. The number of esters is 2. The Bertz CT molecular complexity index is 1440. The molecule has 0 heterocycles. The fourth-order valence-electron chi connectivity index (χ4n) is 9.59. The third-order valence-electron chi connectivity index (χ3n) is 14.6. The molecule has 77 heavy (non-hydrogen) atoms. The van der Waals surface area contributed by atoms with Gasteiger partial charge in [0.15, 0.2) is 6.10 Å². The summed E-state index contributed by atoms with van der Waals surface area (Å²) in [6.45, 7) is 4.19. The highest BCUT2D eigenvalue weighted by atomic mass is 31.2. The number of phosphoric ester groups is 1. The molecule has 2 unspecified atom stereocenters. The molecule has 0 saturated carbocycles. The molecule has 0 aliphatic heterocycles. The monoisotopic (exact) mass is 1100 g/mol. The second-order valence-electron chi connectivity index (χ2n) is 23.5. The van der Waals surface area contributed by atoms with Crippen LogP contribution < -0.4 is 4.89 Å². The van der Waals surface area contributed by atoms with E-state index in [1.54, 1.807) is 0 Å². The fourth-order valence-corrected chi connectivity index (χ4v) is 10.3. The number of hydrogen-bond donors (Lipinski definition) is 0. The summed E-state index contributed by atoms with van der Waals surface area (Å²) in [5.41, 5.74) is 0. The highest BCUT2D eigenvalue weighted by molar-refractivity contribution is 7.45. The minimum Gasteiger partial charge on any atom is -0.756 e. The van der Waals surface area contributed by atoms with Crippen molar-refractivity contribution in [2.75, 3.05) is 47.5 Å². The van der Waals surface area contributed by atoms with Crippen LogP contribution in [0.3, 0.4) is 0 Å². The topological polar surface area (TPSA) is 111 Å². The van der Waals surface area contributed by atoms with Gasteiger partial charge in [0.25, 0.3) is 7.82 Å². The number of unbranched alkanes of at least 4 members (excludes halogenated alkanes) is 39. The molecule has 0 aliphatic rings. The Kier molecular flexibility index (Phi) is 57.1. The molecule has 2 atom stereocenters. The van der Waals surface area contributed by atoms with Crippen LogP contribution in [0.15, 0.2) is 48.6 Å². The molecule has 0 bridgehead atoms. The molecule has 0 saturated heterocycles. The molecule has 0 aliphatic carbocycles. The number of ether oxygens (including phenoxy) is 2. The Morgan fingerprint density at radius 2 is 0.740 bits per heavy atom. The van der Waals surface area contributed by atoms with Crippen LogP contribution in [0.25, 0.3) is 0 Å². The number of carbonyl (C=O) groups excluding carboxylic acids is 2. The number of allylic oxidation sites excluding steroid dienone is 8. The summed E-state index contributed by atoms with van der Waals surface area (Å²) in [6, 6.07) is 0. The molecule has 452 valence electrons. The quantitative estimate of drug-likeness (QED) is 0.0195. The number of quaternary nitrogens is 1. The normalized spacial score (nSPS) is 13.5. The maximum atomic E-state index is 12.8. The molecule has 0 aromatic rings. The van der Waals surface area contributed by atoms with Crippen molar-refractivity contribution in [3.63, 3.8) is 0 Å². The Morgan fingerprint density at radius 3 is 1.10 bits per heavy atom. The summed E-state index contributed by atoms with van der Waals surface area (Å²) in [5.74, 6) is -0.815. The molecule has 0 amide bonds. The predicted octanol–water partition coefficient (Wildman–Crippen LogP) is 20.2. The zero-order valence-electron chi connectivity index (χ0n) is 51.4. The SMILES string of the molecule is CC/C=C\C/C=C\C/C=C\C/C=C\CCCCCCCCCCCCCCCCCCC(=O)OC(COC(=O)CCCCCCCCCCCCCCCCCCCCCCCCCC)COP(=O)([O-])OCC[N+](C)(C)C. The van der Waals surface area contributed by atoms with Crippen LogP contribution in [0.1, 0.15) is 316 Å². The molecule has 9 nitrogen and oxygen atoms in total. The maximum Gasteiger partial charge on any atom is 0.306 e. The van der Waals surface area contributed by atoms with Crippen LogP contribution in [-0.2, 0) is 32.7 Å². The van der Waals surface area contributed by atoms with Crippen LogP contribution in [0.5, 0.6) is 0 Å². The first-order valence-electron chi connectivity index (χ1n) is 32.8. The number of likely N-dealkylation sites (N-methyl/N-ethyl adjacent to an activating group) is 1. The van der Waals surface area contributed by atoms with E-state index >= 15 is 0 Å². The first-order valence-corrected chi connectivity index (χ1v) is 34.3. The summed E-state index contributed by atoms with van der Waals surface area (Å²) in [5, 5.41) is 0. The largest absolute Gasteiger partial charge is 0.756 e. The van der Waals surface area contributed by atoms with Gasteiger partial charge in [-0.1, -0.05) is 300 Å². The Balaban J connectivity index is 4.04. The van der Waals surface area contributed by atoms with Crippen molar-refractivity contribution >= 4 is 19.8 Å². The summed E-state index contributed by atoms with van der Waals surface area (Å²) >= 11 is 0. The zero-order chi connectivity index (χ0) is 56.3. The van der Waals surface area contributed by atoms with E-state index in [0.717, 1.165) is 64.2 Å². The van der Waals surface area contributed by atoms with Crippen molar-refractivity contribution in [2.45, 2.75) is 322 Å². The summed E-state index contributed by atoms with van der Waals surface area (Å²) in [6.07, 6.45) is 74.6. The Labute approximate surface area is 477 Å². The summed E-state index contributed by atoms with van der Waals surface area (Å²) in [7, 11) is 1.18. The average Bonchev–Trinajstić information content (AvgIpc) is 3.39. The van der Waals surface area contributed by atoms with E-state index in [0.29, 0.717) is 17.4 Å². The lowest BCUT2D eigenvalue weighted by molar-refractivity contribution is -0.870. The van der Waals surface area contributed by atoms with Gasteiger partial charge in [-0.2, -0.15) is 0 Å². The van der Waals surface area contributed by atoms with Gasteiger partial charge in [-0.3, -0.25) is 14.2 Å². The van der Waals surface area contributed by atoms with Gasteiger partial charge in [0.05, 0.1) is 27.7 Å². The van der Waals surface area contributed by atoms with Crippen molar-refractivity contribution < 1.29 is 42.1 Å². The second kappa shape index (κ2) is 58.6. The fraction of sp³-hybridized carbons (Fsp3) is 0.851. The minimum atomic E-state index is -4.64. The van der Waals surface area contributed by atoms with E-state index in [1.165, 1.54) is 218 Å². The summed E-state index contributed by atoms with van der Waals surface area (Å²) < 4.78 is 34.3. The smallest absolute Gasteiger partial charge is 0.306 e. The molecule has 0 aromatic heterocycles. The second-order valence-corrected chi connectivity index (χ2v) is 24.9. The van der Waals surface area contributed by atoms with Gasteiger partial charge in [-0.15, -0.1) is 0 Å². The molecule has 0 N–H and O–H groups in total. The van der Waals surface area contributed by atoms with Gasteiger partial charge in [-0.25, -0.2) is 0 Å². The van der Waals surface area contributed by atoms with E-state index in [-0.39, 0.29) is 32.0 Å². The van der Waals surface area contributed by atoms with Gasteiger partial charge < -0.3 is 27.9 Å². The summed E-state index contributed by atoms with van der Waals surface area (Å²) in [4.78, 5) is 38.0. The molecule has 0 spiro atoms. The molecule has 10 heteroatoms. The van der Waals surface area contributed by atoms with Gasteiger partial charge >= 0.3 is 11.9 Å². The Morgan fingerprint density at radius 1 is 0.416 bits per heavy atom. The molecule has 0 fully saturated rings. The third kappa shape index (κ3) is 63.0. The third-order valence-corrected chi connectivity index (χ3v) is 15.6. The molecular weight excluding hydrogens is 978 g/mol. The van der Waals surface area contributed by atoms with Gasteiger partial charge in [0, 0.05) is 12.8 Å². The zero-order valence-corrected chi connectivity index (χ0v) is 52.3. The van der Waals surface area contributed by atoms with E-state index in [4.69, 9.17) is 18.5 Å². The Hall–Kier alpha value is -2.03. The van der Waals surface area contributed by atoms with Crippen LogP contribution in [0.2, 0.25) is 0 Å². The van der Waals surface area contributed by atoms with Gasteiger partial charge in [0.2, 0.25) is 0 Å². The lowest BCUT2D eigenvalue weighted by Crippen LogP contribution is -2.37. The average molecular weight is 1100 g/mol. The van der Waals surface area contributed by atoms with E-state index < -0.39 is 26.5 Å². The number of nitrogens with zero attached hydrogens (tertiary/aromatic N) is 1. The number of phosphoric acid groups is 1. The van der Waals surface area contributed by atoms with Crippen molar-refractivity contribution in [3.05, 3.63) is 48.6 Å². The minimum absolute atomic E-state index is 0.0289.